The minimum atomic E-state index is -0.597. The van der Waals surface area contributed by atoms with Crippen molar-refractivity contribution in [2.45, 2.75) is 57.4 Å². The largest absolute Gasteiger partial charge is 0.467 e. The molecular weight excluding hydrogens is 298 g/mol. The highest BCUT2D eigenvalue weighted by molar-refractivity contribution is 5.92. The standard InChI is InChI=1S/C16H21N3O4/c1-9-7-18-11(8-17-9)15(20)19-10(2)4-5-13-12(19)6-14(23-13)16(21)22-3/h7-8,10,12-14H,4-6H2,1-3H3/t10-,12+,13-,14-/m0/s1. The average molecular weight is 319 g/mol. The number of methoxy groups -OCH3 is 1. The molecule has 23 heavy (non-hydrogen) atoms. The Morgan fingerprint density at radius 1 is 1.30 bits per heavy atom. The number of carbonyl (C=O) groups is 2. The molecule has 7 nitrogen and oxygen atoms in total. The van der Waals surface area contributed by atoms with Crippen LogP contribution in [0.15, 0.2) is 12.4 Å². The summed E-state index contributed by atoms with van der Waals surface area (Å²) in [5.41, 5.74) is 1.09. The Labute approximate surface area is 135 Å². The first-order chi connectivity index (χ1) is 11.0. The second-order valence-corrected chi connectivity index (χ2v) is 6.17. The van der Waals surface area contributed by atoms with Crippen molar-refractivity contribution in [2.24, 2.45) is 0 Å². The number of nitrogens with zero attached hydrogens (tertiary/aromatic N) is 3. The predicted molar refractivity (Wildman–Crippen MR) is 80.7 cm³/mol. The molecule has 0 aromatic carbocycles. The number of esters is 1. The highest BCUT2D eigenvalue weighted by atomic mass is 16.6. The number of likely N-dealkylation sites (tertiary alicyclic amines) is 1. The lowest BCUT2D eigenvalue weighted by atomic mass is 9.92. The van der Waals surface area contributed by atoms with Gasteiger partial charge in [-0.05, 0) is 26.7 Å². The summed E-state index contributed by atoms with van der Waals surface area (Å²) in [5, 5.41) is 0. The first-order valence-corrected chi connectivity index (χ1v) is 7.86. The average Bonchev–Trinajstić information content (AvgIpc) is 2.98. The fourth-order valence-corrected chi connectivity index (χ4v) is 3.42. The van der Waals surface area contributed by atoms with Gasteiger partial charge in [-0.2, -0.15) is 0 Å². The van der Waals surface area contributed by atoms with Crippen molar-refractivity contribution in [1.29, 1.82) is 0 Å². The van der Waals surface area contributed by atoms with Gasteiger partial charge in [0, 0.05) is 18.7 Å². The smallest absolute Gasteiger partial charge is 0.335 e. The molecule has 1 aromatic rings. The Morgan fingerprint density at radius 2 is 2.09 bits per heavy atom. The maximum absolute atomic E-state index is 12.9. The Hall–Kier alpha value is -2.02. The van der Waals surface area contributed by atoms with Gasteiger partial charge in [-0.15, -0.1) is 0 Å². The van der Waals surface area contributed by atoms with Crippen LogP contribution in [0.25, 0.3) is 0 Å². The number of carbonyl (C=O) groups excluding carboxylic acids is 2. The van der Waals surface area contributed by atoms with Gasteiger partial charge in [0.25, 0.3) is 5.91 Å². The van der Waals surface area contributed by atoms with E-state index in [-0.39, 0.29) is 30.1 Å². The molecule has 0 N–H and O–H groups in total. The Bertz CT molecular complexity index is 604. The molecule has 124 valence electrons. The van der Waals surface area contributed by atoms with Crippen molar-refractivity contribution in [1.82, 2.24) is 14.9 Å². The fourth-order valence-electron chi connectivity index (χ4n) is 3.42. The summed E-state index contributed by atoms with van der Waals surface area (Å²) >= 11 is 0. The predicted octanol–water partition coefficient (Wildman–Crippen LogP) is 1.11. The first-order valence-electron chi connectivity index (χ1n) is 7.86. The number of aryl methyl sites for hydroxylation is 1. The molecule has 7 heteroatoms. The van der Waals surface area contributed by atoms with Gasteiger partial charge in [-0.1, -0.05) is 0 Å². The van der Waals surface area contributed by atoms with E-state index in [4.69, 9.17) is 9.47 Å². The Kier molecular flexibility index (Phi) is 4.30. The number of rotatable bonds is 2. The van der Waals surface area contributed by atoms with Crippen molar-refractivity contribution in [2.75, 3.05) is 7.11 Å². The maximum atomic E-state index is 12.9. The monoisotopic (exact) mass is 319 g/mol. The zero-order valence-corrected chi connectivity index (χ0v) is 13.6. The zero-order valence-electron chi connectivity index (χ0n) is 13.6. The molecule has 3 heterocycles. The van der Waals surface area contributed by atoms with E-state index in [9.17, 15) is 9.59 Å². The number of piperidine rings is 1. The van der Waals surface area contributed by atoms with Crippen LogP contribution in [-0.2, 0) is 14.3 Å². The molecule has 2 fully saturated rings. The van der Waals surface area contributed by atoms with E-state index in [1.807, 2.05) is 13.8 Å². The van der Waals surface area contributed by atoms with Crippen molar-refractivity contribution >= 4 is 11.9 Å². The third-order valence-electron chi connectivity index (χ3n) is 4.62. The lowest BCUT2D eigenvalue weighted by molar-refractivity contribution is -0.153. The van der Waals surface area contributed by atoms with Crippen LogP contribution in [-0.4, -0.2) is 58.1 Å². The van der Waals surface area contributed by atoms with Gasteiger partial charge in [0.1, 0.15) is 5.69 Å². The molecule has 2 aliphatic rings. The Morgan fingerprint density at radius 3 is 2.74 bits per heavy atom. The summed E-state index contributed by atoms with van der Waals surface area (Å²) in [5.74, 6) is -0.539. The Balaban J connectivity index is 1.83. The van der Waals surface area contributed by atoms with Gasteiger partial charge in [0.05, 0.1) is 31.1 Å². The number of amides is 1. The molecule has 1 amide bonds. The summed E-state index contributed by atoms with van der Waals surface area (Å²) in [6, 6.07) is -0.0506. The number of ether oxygens (including phenoxy) is 2. The topological polar surface area (TPSA) is 81.6 Å². The van der Waals surface area contributed by atoms with Crippen LogP contribution in [0.5, 0.6) is 0 Å². The van der Waals surface area contributed by atoms with E-state index in [0.717, 1.165) is 18.5 Å². The lowest BCUT2D eigenvalue weighted by Gasteiger charge is -2.41. The van der Waals surface area contributed by atoms with Gasteiger partial charge in [0.15, 0.2) is 6.10 Å². The van der Waals surface area contributed by atoms with E-state index in [1.54, 1.807) is 11.1 Å². The molecule has 0 bridgehead atoms. The van der Waals surface area contributed by atoms with E-state index in [1.165, 1.54) is 13.3 Å². The van der Waals surface area contributed by atoms with Crippen LogP contribution >= 0.6 is 0 Å². The molecule has 0 unspecified atom stereocenters. The maximum Gasteiger partial charge on any atom is 0.335 e. The van der Waals surface area contributed by atoms with E-state index in [2.05, 4.69) is 9.97 Å². The number of fused-ring (bicyclic) bond motifs is 1. The second kappa shape index (κ2) is 6.23. The summed E-state index contributed by atoms with van der Waals surface area (Å²) in [6.07, 6.45) is 4.50. The summed E-state index contributed by atoms with van der Waals surface area (Å²) < 4.78 is 10.6. The van der Waals surface area contributed by atoms with Crippen molar-refractivity contribution in [3.8, 4) is 0 Å². The fraction of sp³-hybridized carbons (Fsp3) is 0.625. The highest BCUT2D eigenvalue weighted by Crippen LogP contribution is 2.35. The normalized spacial score (nSPS) is 30.0. The number of aromatic nitrogens is 2. The zero-order chi connectivity index (χ0) is 16.6. The quantitative estimate of drug-likeness (QED) is 0.760. The molecule has 1 aromatic heterocycles. The molecule has 4 atom stereocenters. The molecule has 2 saturated heterocycles. The van der Waals surface area contributed by atoms with Gasteiger partial charge in [0.2, 0.25) is 0 Å². The first kappa shape index (κ1) is 15.9. The van der Waals surface area contributed by atoms with E-state index >= 15 is 0 Å². The van der Waals surface area contributed by atoms with E-state index in [0.29, 0.717) is 12.1 Å². The third kappa shape index (κ3) is 2.93. The SMILES string of the molecule is COC(=O)[C@@H]1C[C@@H]2[C@H](CC[C@H](C)N2C(=O)c2cnc(C)cn2)O1. The summed E-state index contributed by atoms with van der Waals surface area (Å²) in [4.78, 5) is 34.7. The molecule has 0 radical (unpaired) electrons. The lowest BCUT2D eigenvalue weighted by Crippen LogP contribution is -2.53. The molecule has 0 spiro atoms. The summed E-state index contributed by atoms with van der Waals surface area (Å²) in [7, 11) is 1.35. The third-order valence-corrected chi connectivity index (χ3v) is 4.62. The van der Waals surface area contributed by atoms with Crippen LogP contribution in [0, 0.1) is 6.92 Å². The van der Waals surface area contributed by atoms with Crippen LogP contribution in [0.1, 0.15) is 42.4 Å². The van der Waals surface area contributed by atoms with Crippen LogP contribution in [0.2, 0.25) is 0 Å². The van der Waals surface area contributed by atoms with Crippen LogP contribution in [0.4, 0.5) is 0 Å². The molecule has 0 aliphatic carbocycles. The van der Waals surface area contributed by atoms with Crippen molar-refractivity contribution in [3.05, 3.63) is 23.8 Å². The van der Waals surface area contributed by atoms with Crippen LogP contribution < -0.4 is 0 Å². The molecule has 0 saturated carbocycles. The van der Waals surface area contributed by atoms with Crippen LogP contribution in [0.3, 0.4) is 0 Å². The summed E-state index contributed by atoms with van der Waals surface area (Å²) in [6.45, 7) is 3.84. The minimum absolute atomic E-state index is 0.0758. The van der Waals surface area contributed by atoms with Gasteiger partial charge >= 0.3 is 5.97 Å². The van der Waals surface area contributed by atoms with Gasteiger partial charge in [-0.25, -0.2) is 9.78 Å². The van der Waals surface area contributed by atoms with Gasteiger partial charge in [-0.3, -0.25) is 9.78 Å². The second-order valence-electron chi connectivity index (χ2n) is 6.17. The number of hydrogen-bond donors (Lipinski definition) is 0. The molecule has 2 aliphatic heterocycles. The molecule has 3 rings (SSSR count). The van der Waals surface area contributed by atoms with Crippen molar-refractivity contribution in [3.63, 3.8) is 0 Å². The number of hydrogen-bond acceptors (Lipinski definition) is 6. The minimum Gasteiger partial charge on any atom is -0.467 e. The highest BCUT2D eigenvalue weighted by Gasteiger charge is 2.48. The van der Waals surface area contributed by atoms with Crippen molar-refractivity contribution < 1.29 is 19.1 Å². The van der Waals surface area contributed by atoms with E-state index < -0.39 is 6.10 Å². The van der Waals surface area contributed by atoms with Gasteiger partial charge < -0.3 is 14.4 Å². The molecular formula is C16H21N3O4.